The summed E-state index contributed by atoms with van der Waals surface area (Å²) in [5.41, 5.74) is 1.35. The highest BCUT2D eigenvalue weighted by atomic mass is 19.1. The van der Waals surface area contributed by atoms with Crippen LogP contribution in [0.25, 0.3) is 12.4 Å². The molecule has 1 aliphatic rings. The summed E-state index contributed by atoms with van der Waals surface area (Å²) < 4.78 is 25.4. The summed E-state index contributed by atoms with van der Waals surface area (Å²) in [6.07, 6.45) is 3.50. The number of hydrogen-bond acceptors (Lipinski definition) is 6. The van der Waals surface area contributed by atoms with E-state index in [0.29, 0.717) is 42.1 Å². The molecule has 2 aromatic rings. The van der Waals surface area contributed by atoms with Gasteiger partial charge in [0, 0.05) is 37.3 Å². The van der Waals surface area contributed by atoms with Gasteiger partial charge in [0.05, 0.1) is 11.8 Å². The van der Waals surface area contributed by atoms with Crippen LogP contribution >= 0.6 is 0 Å². The fraction of sp³-hybridized carbons (Fsp3) is 0.370. The van der Waals surface area contributed by atoms with Gasteiger partial charge in [0.1, 0.15) is 30.4 Å². The summed E-state index contributed by atoms with van der Waals surface area (Å²) in [5, 5.41) is 9.25. The van der Waals surface area contributed by atoms with Crippen molar-refractivity contribution in [1.29, 1.82) is 0 Å². The second-order valence-corrected chi connectivity index (χ2v) is 9.03. The zero-order valence-corrected chi connectivity index (χ0v) is 20.9. The first kappa shape index (κ1) is 26.9. The molecule has 0 unspecified atom stereocenters. The molecule has 0 saturated heterocycles. The lowest BCUT2D eigenvalue weighted by Gasteiger charge is -2.11. The lowest BCUT2D eigenvalue weighted by molar-refractivity contribution is -0.126. The number of halogens is 1. The number of nitrogens with one attached hydrogen (secondary N) is 3. The number of ether oxygens (including phenoxy) is 2. The molecule has 1 saturated carbocycles. The van der Waals surface area contributed by atoms with E-state index in [1.807, 2.05) is 0 Å². The molecular weight excluding hydrogens is 463 g/mol. The largest absolute Gasteiger partial charge is 0.491 e. The van der Waals surface area contributed by atoms with Gasteiger partial charge in [-0.15, -0.1) is 0 Å². The van der Waals surface area contributed by atoms with E-state index in [-0.39, 0.29) is 28.8 Å². The van der Waals surface area contributed by atoms with Crippen LogP contribution in [0.2, 0.25) is 0 Å². The van der Waals surface area contributed by atoms with Gasteiger partial charge in [0.25, 0.3) is 0 Å². The van der Waals surface area contributed by atoms with Crippen LogP contribution in [0.15, 0.2) is 41.4 Å². The van der Waals surface area contributed by atoms with Crippen LogP contribution in [0.5, 0.6) is 5.75 Å². The lowest BCUT2D eigenvalue weighted by Crippen LogP contribution is -2.32. The normalized spacial score (nSPS) is 14.8. The Morgan fingerprint density at radius 1 is 1.11 bits per heavy atom. The van der Waals surface area contributed by atoms with Gasteiger partial charge in [-0.1, -0.05) is 13.5 Å². The molecule has 3 rings (SSSR count). The Morgan fingerprint density at radius 2 is 1.78 bits per heavy atom. The van der Waals surface area contributed by atoms with E-state index >= 15 is 0 Å². The van der Waals surface area contributed by atoms with Crippen LogP contribution in [0.3, 0.4) is 0 Å². The minimum atomic E-state index is -0.527. The first-order valence-electron chi connectivity index (χ1n) is 11.8. The number of carbonyl (C=O) groups excluding carboxylic acids is 2. The molecule has 8 nitrogen and oxygen atoms in total. The lowest BCUT2D eigenvalue weighted by atomic mass is 10.1. The number of anilines is 2. The molecule has 1 aliphatic carbocycles. The molecule has 0 atom stereocenters. The van der Waals surface area contributed by atoms with Crippen molar-refractivity contribution in [3.63, 3.8) is 0 Å². The Bertz CT molecular complexity index is 1220. The average Bonchev–Trinajstić information content (AvgIpc) is 3.56. The maximum absolute atomic E-state index is 15.0. The monoisotopic (exact) mass is 496 g/mol. The summed E-state index contributed by atoms with van der Waals surface area (Å²) in [7, 11) is 1.56. The minimum Gasteiger partial charge on any atom is -0.491 e. The Morgan fingerprint density at radius 3 is 2.36 bits per heavy atom. The predicted octanol–water partition coefficient (Wildman–Crippen LogP) is 2.77. The maximum Gasteiger partial charge on any atom is 0.233 e. The molecule has 192 valence electrons. The van der Waals surface area contributed by atoms with Crippen LogP contribution in [-0.4, -0.2) is 44.9 Å². The van der Waals surface area contributed by atoms with E-state index in [2.05, 4.69) is 34.4 Å². The highest BCUT2D eigenvalue weighted by molar-refractivity contribution is 6.03. The third-order valence-corrected chi connectivity index (χ3v) is 5.77. The van der Waals surface area contributed by atoms with Crippen molar-refractivity contribution >= 4 is 41.8 Å². The Kier molecular flexibility index (Phi) is 9.19. The average molecular weight is 497 g/mol. The van der Waals surface area contributed by atoms with Gasteiger partial charge >= 0.3 is 0 Å². The summed E-state index contributed by atoms with van der Waals surface area (Å²) in [6.45, 7) is 9.06. The van der Waals surface area contributed by atoms with Crippen LogP contribution in [-0.2, 0) is 14.3 Å². The van der Waals surface area contributed by atoms with Crippen LogP contribution in [0, 0.1) is 11.2 Å². The van der Waals surface area contributed by atoms with Crippen LogP contribution in [0.1, 0.15) is 33.1 Å². The van der Waals surface area contributed by atoms with Gasteiger partial charge < -0.3 is 25.4 Å². The van der Waals surface area contributed by atoms with Crippen molar-refractivity contribution in [2.75, 3.05) is 37.5 Å². The molecule has 9 heteroatoms. The molecular formula is C27H33FN4O4. The fourth-order valence-electron chi connectivity index (χ4n) is 3.41. The van der Waals surface area contributed by atoms with Gasteiger partial charge in [-0.2, -0.15) is 0 Å². The Hall–Kier alpha value is -3.72. The maximum atomic E-state index is 15.0. The molecule has 0 aromatic heterocycles. The molecule has 1 fully saturated rings. The smallest absolute Gasteiger partial charge is 0.233 e. The number of benzene rings is 2. The number of methoxy groups -OCH3 is 1. The Balaban J connectivity index is 1.66. The molecule has 36 heavy (non-hydrogen) atoms. The molecule has 0 heterocycles. The van der Waals surface area contributed by atoms with E-state index < -0.39 is 11.7 Å². The molecule has 2 amide bonds. The van der Waals surface area contributed by atoms with Crippen molar-refractivity contribution in [3.8, 4) is 5.75 Å². The molecule has 3 N–H and O–H groups in total. The van der Waals surface area contributed by atoms with Gasteiger partial charge in [-0.3, -0.25) is 9.59 Å². The number of rotatable bonds is 12. The number of nitrogens with zero attached hydrogens (tertiary/aromatic N) is 1. The van der Waals surface area contributed by atoms with E-state index in [1.165, 1.54) is 6.07 Å². The third-order valence-electron chi connectivity index (χ3n) is 5.77. The summed E-state index contributed by atoms with van der Waals surface area (Å²) in [5.74, 6) is -0.582. The summed E-state index contributed by atoms with van der Waals surface area (Å²) >= 11 is 0. The molecule has 2 aromatic carbocycles. The number of amides is 2. The van der Waals surface area contributed by atoms with Gasteiger partial charge in [0.15, 0.2) is 0 Å². The highest BCUT2D eigenvalue weighted by Crippen LogP contribution is 2.44. The minimum absolute atomic E-state index is 0.185. The standard InChI is InChI=1S/C27H33FN4O4/c1-5-29-26(25-18(2)14-21(15-22(25)28)36-13-12-35-4)32-20-8-6-19(7-9-20)31-24(34)16-23(33)30-17-27(3)10-11-27/h5-9,14-15,32H,2,10-13,16-17H2,1,3-4H3,(H,30,33)(H,31,34)/b26-25-,29-5-. The van der Waals surface area contributed by atoms with Gasteiger partial charge in [-0.25, -0.2) is 9.38 Å². The zero-order valence-electron chi connectivity index (χ0n) is 20.9. The van der Waals surface area contributed by atoms with Crippen molar-refractivity contribution in [2.45, 2.75) is 33.1 Å². The van der Waals surface area contributed by atoms with Crippen molar-refractivity contribution < 1.29 is 23.5 Å². The van der Waals surface area contributed by atoms with Crippen molar-refractivity contribution in [1.82, 2.24) is 5.32 Å². The quantitative estimate of drug-likeness (QED) is 0.238. The van der Waals surface area contributed by atoms with Gasteiger partial charge in [0.2, 0.25) is 11.8 Å². The predicted molar refractivity (Wildman–Crippen MR) is 140 cm³/mol. The Labute approximate surface area is 210 Å². The fourth-order valence-corrected chi connectivity index (χ4v) is 3.41. The topological polar surface area (TPSA) is 101 Å². The molecule has 0 spiro atoms. The molecule has 0 aliphatic heterocycles. The first-order valence-corrected chi connectivity index (χ1v) is 11.8. The van der Waals surface area contributed by atoms with Crippen LogP contribution in [0.4, 0.5) is 15.8 Å². The van der Waals surface area contributed by atoms with E-state index in [9.17, 15) is 14.0 Å². The van der Waals surface area contributed by atoms with E-state index in [1.54, 1.807) is 50.6 Å². The zero-order chi connectivity index (χ0) is 26.1. The van der Waals surface area contributed by atoms with Crippen molar-refractivity contribution in [3.05, 3.63) is 52.7 Å². The third kappa shape index (κ3) is 7.91. The second kappa shape index (κ2) is 12.3. The van der Waals surface area contributed by atoms with Crippen molar-refractivity contribution in [2.24, 2.45) is 10.4 Å². The number of aliphatic imine (C=N–C) groups is 1. The molecule has 0 bridgehead atoms. The number of hydrogen-bond donors (Lipinski definition) is 3. The summed E-state index contributed by atoms with van der Waals surface area (Å²) in [4.78, 5) is 28.5. The van der Waals surface area contributed by atoms with Crippen LogP contribution < -0.4 is 31.1 Å². The summed E-state index contributed by atoms with van der Waals surface area (Å²) in [6, 6.07) is 9.73. The molecule has 0 radical (unpaired) electrons. The first-order chi connectivity index (χ1) is 17.2. The second-order valence-electron chi connectivity index (χ2n) is 9.03. The van der Waals surface area contributed by atoms with E-state index in [4.69, 9.17) is 9.47 Å². The highest BCUT2D eigenvalue weighted by Gasteiger charge is 2.37. The SMILES string of the molecule is C=c1cc(OCCOC)cc(F)/c1=C(/N=C\C)Nc1ccc(NC(=O)CC(=O)NCC2(C)CC2)cc1. The van der Waals surface area contributed by atoms with Gasteiger partial charge in [-0.05, 0) is 60.7 Å². The van der Waals surface area contributed by atoms with E-state index in [0.717, 1.165) is 12.8 Å². The number of carbonyl (C=O) groups is 2.